The largest absolute Gasteiger partial charge is 0.507 e. The van der Waals surface area contributed by atoms with Crippen LogP contribution in [0.2, 0.25) is 0 Å². The van der Waals surface area contributed by atoms with Crippen molar-refractivity contribution in [1.82, 2.24) is 9.80 Å². The number of benzene rings is 2. The Morgan fingerprint density at radius 2 is 1.79 bits per heavy atom. The van der Waals surface area contributed by atoms with Gasteiger partial charge < -0.3 is 34.2 Å². The predicted octanol–water partition coefficient (Wildman–Crippen LogP) is 2.40. The smallest absolute Gasteiger partial charge is 0.295 e. The lowest BCUT2D eigenvalue weighted by Gasteiger charge is -2.28. The molecule has 33 heavy (non-hydrogen) atoms. The fraction of sp³-hybridized carbons (Fsp3) is 0.333. The van der Waals surface area contributed by atoms with Gasteiger partial charge in [0.05, 0.1) is 38.5 Å². The number of phenols is 1. The van der Waals surface area contributed by atoms with Crippen molar-refractivity contribution >= 4 is 17.4 Å². The van der Waals surface area contributed by atoms with E-state index in [0.29, 0.717) is 29.4 Å². The first-order valence-electron chi connectivity index (χ1n) is 10.3. The number of aliphatic hydroxyl groups is 1. The minimum atomic E-state index is -0.948. The van der Waals surface area contributed by atoms with E-state index in [4.69, 9.17) is 14.2 Å². The van der Waals surface area contributed by atoms with Crippen LogP contribution in [0.5, 0.6) is 23.0 Å². The lowest BCUT2D eigenvalue weighted by molar-refractivity contribution is -0.140. The molecule has 1 saturated heterocycles. The van der Waals surface area contributed by atoms with Gasteiger partial charge in [-0.05, 0) is 32.3 Å². The highest BCUT2D eigenvalue weighted by atomic mass is 16.5. The molecular weight excluding hydrogens is 428 g/mol. The number of phenolic OH excluding ortho intramolecular Hbond substituents is 1. The van der Waals surface area contributed by atoms with Crippen molar-refractivity contribution < 1.29 is 34.0 Å². The van der Waals surface area contributed by atoms with E-state index >= 15 is 0 Å². The summed E-state index contributed by atoms with van der Waals surface area (Å²) in [6.07, 6.45) is 0. The van der Waals surface area contributed by atoms with Crippen molar-refractivity contribution in [3.63, 3.8) is 0 Å². The summed E-state index contributed by atoms with van der Waals surface area (Å²) in [5.41, 5.74) is 0.336. The Morgan fingerprint density at radius 1 is 1.06 bits per heavy atom. The number of nitrogens with zero attached hydrogens (tertiary/aromatic N) is 2. The number of aliphatic hydroxyl groups excluding tert-OH is 1. The molecule has 0 spiro atoms. The van der Waals surface area contributed by atoms with Crippen LogP contribution in [-0.2, 0) is 9.59 Å². The highest BCUT2D eigenvalue weighted by Crippen LogP contribution is 2.46. The molecule has 9 nitrogen and oxygen atoms in total. The molecule has 2 aromatic carbocycles. The number of amides is 1. The molecule has 1 fully saturated rings. The standard InChI is InChI=1S/C24H28N2O7/c1-25(2)11-12-26-20(16-7-6-8-18(32-4)23(16)33-5)19(22(29)24(26)30)21(28)15-10-9-14(31-3)13-17(15)27/h6-10,13,20,27-28H,11-12H2,1-5H3. The first-order valence-corrected chi connectivity index (χ1v) is 10.3. The molecule has 176 valence electrons. The molecule has 9 heteroatoms. The Kier molecular flexibility index (Phi) is 7.13. The molecule has 1 amide bonds. The normalized spacial score (nSPS) is 17.5. The average Bonchev–Trinajstić information content (AvgIpc) is 3.06. The minimum absolute atomic E-state index is 0.00766. The number of rotatable bonds is 8. The summed E-state index contributed by atoms with van der Waals surface area (Å²) in [5, 5.41) is 21.6. The second-order valence-electron chi connectivity index (χ2n) is 7.76. The lowest BCUT2D eigenvalue weighted by atomic mass is 9.94. The second kappa shape index (κ2) is 9.83. The maximum Gasteiger partial charge on any atom is 0.295 e. The summed E-state index contributed by atoms with van der Waals surface area (Å²) in [7, 11) is 8.10. The fourth-order valence-corrected chi connectivity index (χ4v) is 3.85. The van der Waals surface area contributed by atoms with E-state index in [1.54, 1.807) is 18.2 Å². The van der Waals surface area contributed by atoms with Gasteiger partial charge in [0.25, 0.3) is 11.7 Å². The third-order valence-electron chi connectivity index (χ3n) is 5.52. The first-order chi connectivity index (χ1) is 15.7. The summed E-state index contributed by atoms with van der Waals surface area (Å²) in [6, 6.07) is 8.46. The van der Waals surface area contributed by atoms with E-state index in [-0.39, 0.29) is 23.4 Å². The quantitative estimate of drug-likeness (QED) is 0.354. The van der Waals surface area contributed by atoms with Gasteiger partial charge in [0, 0.05) is 24.7 Å². The highest BCUT2D eigenvalue weighted by molar-refractivity contribution is 6.46. The van der Waals surface area contributed by atoms with Crippen LogP contribution in [0, 0.1) is 0 Å². The molecule has 2 N–H and O–H groups in total. The predicted molar refractivity (Wildman–Crippen MR) is 122 cm³/mol. The maximum atomic E-state index is 13.1. The number of ether oxygens (including phenoxy) is 3. The van der Waals surface area contributed by atoms with E-state index in [0.717, 1.165) is 0 Å². The molecule has 1 aliphatic rings. The maximum absolute atomic E-state index is 13.1. The number of hydrogen-bond donors (Lipinski definition) is 2. The topological polar surface area (TPSA) is 109 Å². The number of likely N-dealkylation sites (tertiary alicyclic amines) is 1. The lowest BCUT2D eigenvalue weighted by Crippen LogP contribution is -2.35. The number of Topliss-reactive ketones (excluding diaryl/α,β-unsaturated/α-hetero) is 1. The van der Waals surface area contributed by atoms with Crippen LogP contribution in [0.25, 0.3) is 5.76 Å². The minimum Gasteiger partial charge on any atom is -0.507 e. The Labute approximate surface area is 192 Å². The summed E-state index contributed by atoms with van der Waals surface area (Å²) < 4.78 is 16.0. The Balaban J connectivity index is 2.26. The number of carbonyl (C=O) groups excluding carboxylic acids is 2. The van der Waals surface area contributed by atoms with Gasteiger partial charge in [0.15, 0.2) is 11.5 Å². The van der Waals surface area contributed by atoms with Crippen molar-refractivity contribution in [1.29, 1.82) is 0 Å². The van der Waals surface area contributed by atoms with E-state index < -0.39 is 23.5 Å². The summed E-state index contributed by atoms with van der Waals surface area (Å²) >= 11 is 0. The third kappa shape index (κ3) is 4.45. The van der Waals surface area contributed by atoms with Gasteiger partial charge >= 0.3 is 0 Å². The van der Waals surface area contributed by atoms with Crippen molar-refractivity contribution in [2.24, 2.45) is 0 Å². The number of ketones is 1. The van der Waals surface area contributed by atoms with Gasteiger partial charge in [-0.1, -0.05) is 12.1 Å². The van der Waals surface area contributed by atoms with Gasteiger partial charge in [0.1, 0.15) is 17.3 Å². The van der Waals surface area contributed by atoms with Crippen LogP contribution in [0.3, 0.4) is 0 Å². The number of likely N-dealkylation sites (N-methyl/N-ethyl adjacent to an activating group) is 1. The van der Waals surface area contributed by atoms with Gasteiger partial charge in [0.2, 0.25) is 0 Å². The fourth-order valence-electron chi connectivity index (χ4n) is 3.85. The van der Waals surface area contributed by atoms with Crippen LogP contribution in [0.4, 0.5) is 0 Å². The first kappa shape index (κ1) is 23.9. The highest BCUT2D eigenvalue weighted by Gasteiger charge is 2.47. The molecule has 1 unspecified atom stereocenters. The molecule has 0 aromatic heterocycles. The van der Waals surface area contributed by atoms with Gasteiger partial charge in [-0.15, -0.1) is 0 Å². The van der Waals surface area contributed by atoms with Crippen LogP contribution in [0.1, 0.15) is 17.2 Å². The van der Waals surface area contributed by atoms with E-state index in [9.17, 15) is 19.8 Å². The molecule has 0 aliphatic carbocycles. The number of methoxy groups -OCH3 is 3. The zero-order valence-corrected chi connectivity index (χ0v) is 19.3. The average molecular weight is 456 g/mol. The van der Waals surface area contributed by atoms with Gasteiger partial charge in [-0.3, -0.25) is 9.59 Å². The SMILES string of the molecule is COc1ccc(C(O)=C2C(=O)C(=O)N(CCN(C)C)C2c2cccc(OC)c2OC)c(O)c1. The molecule has 0 bridgehead atoms. The molecule has 1 atom stereocenters. The van der Waals surface area contributed by atoms with Crippen LogP contribution < -0.4 is 14.2 Å². The Hall–Kier alpha value is -3.72. The van der Waals surface area contributed by atoms with E-state index in [2.05, 4.69) is 0 Å². The van der Waals surface area contributed by atoms with Crippen molar-refractivity contribution in [3.05, 3.63) is 53.1 Å². The zero-order chi connectivity index (χ0) is 24.3. The van der Waals surface area contributed by atoms with Crippen LogP contribution in [-0.4, -0.2) is 80.2 Å². The summed E-state index contributed by atoms with van der Waals surface area (Å²) in [5.74, 6) is -1.25. The summed E-state index contributed by atoms with van der Waals surface area (Å²) in [4.78, 5) is 29.5. The molecule has 1 heterocycles. The summed E-state index contributed by atoms with van der Waals surface area (Å²) in [6.45, 7) is 0.720. The Morgan fingerprint density at radius 3 is 2.36 bits per heavy atom. The number of carbonyl (C=O) groups is 2. The molecule has 0 radical (unpaired) electrons. The second-order valence-corrected chi connectivity index (χ2v) is 7.76. The monoisotopic (exact) mass is 456 g/mol. The van der Waals surface area contributed by atoms with Gasteiger partial charge in [-0.25, -0.2) is 0 Å². The van der Waals surface area contributed by atoms with Crippen molar-refractivity contribution in [3.8, 4) is 23.0 Å². The van der Waals surface area contributed by atoms with E-state index in [1.807, 2.05) is 19.0 Å². The molecule has 2 aromatic rings. The number of hydrogen-bond acceptors (Lipinski definition) is 8. The van der Waals surface area contributed by atoms with Crippen molar-refractivity contribution in [2.45, 2.75) is 6.04 Å². The third-order valence-corrected chi connectivity index (χ3v) is 5.52. The van der Waals surface area contributed by atoms with Crippen LogP contribution >= 0.6 is 0 Å². The van der Waals surface area contributed by atoms with E-state index in [1.165, 1.54) is 44.4 Å². The number of para-hydroxylation sites is 1. The van der Waals surface area contributed by atoms with Crippen molar-refractivity contribution in [2.75, 3.05) is 48.5 Å². The molecule has 0 saturated carbocycles. The van der Waals surface area contributed by atoms with Gasteiger partial charge in [-0.2, -0.15) is 0 Å². The molecular formula is C24H28N2O7. The molecule has 1 aliphatic heterocycles. The molecule has 3 rings (SSSR count). The number of aromatic hydroxyl groups is 1. The Bertz CT molecular complexity index is 1090. The van der Waals surface area contributed by atoms with Crippen LogP contribution in [0.15, 0.2) is 42.0 Å². The zero-order valence-electron chi connectivity index (χ0n) is 19.3.